The third kappa shape index (κ3) is 5.91. The van der Waals surface area contributed by atoms with Gasteiger partial charge in [-0.2, -0.15) is 0 Å². The van der Waals surface area contributed by atoms with Gasteiger partial charge in [-0.25, -0.2) is 0 Å². The Morgan fingerprint density at radius 2 is 1.87 bits per heavy atom. The average Bonchev–Trinajstić information content (AvgIpc) is 3.18. The predicted octanol–water partition coefficient (Wildman–Crippen LogP) is 3.31. The van der Waals surface area contributed by atoms with E-state index in [1.54, 1.807) is 14.2 Å². The van der Waals surface area contributed by atoms with Crippen molar-refractivity contribution in [3.63, 3.8) is 0 Å². The van der Waals surface area contributed by atoms with Crippen molar-refractivity contribution in [2.24, 2.45) is 10.4 Å². The van der Waals surface area contributed by atoms with E-state index in [1.807, 2.05) is 6.07 Å². The molecular weight excluding hydrogens is 497 g/mol. The molecule has 7 nitrogen and oxygen atoms in total. The summed E-state index contributed by atoms with van der Waals surface area (Å²) < 4.78 is 22.4. The smallest absolute Gasteiger partial charge is 0.231 e. The Hall–Kier alpha value is -1.26. The maximum atomic E-state index is 5.66. The number of methoxy groups -OCH3 is 1. The van der Waals surface area contributed by atoms with Crippen LogP contribution in [0.15, 0.2) is 23.2 Å². The van der Waals surface area contributed by atoms with Crippen molar-refractivity contribution in [2.45, 2.75) is 45.1 Å². The van der Waals surface area contributed by atoms with Crippen LogP contribution in [0.4, 0.5) is 0 Å². The number of guanidine groups is 1. The summed E-state index contributed by atoms with van der Waals surface area (Å²) in [6.07, 6.45) is 1.98. The van der Waals surface area contributed by atoms with Crippen LogP contribution in [0.2, 0.25) is 0 Å². The van der Waals surface area contributed by atoms with Crippen LogP contribution in [0.1, 0.15) is 39.2 Å². The Labute approximate surface area is 197 Å². The van der Waals surface area contributed by atoms with Gasteiger partial charge in [-0.3, -0.25) is 4.99 Å². The number of rotatable bonds is 6. The highest BCUT2D eigenvalue weighted by Gasteiger charge is 2.36. The molecule has 0 aromatic heterocycles. The first-order valence-electron chi connectivity index (χ1n) is 10.3. The molecule has 0 spiro atoms. The monoisotopic (exact) mass is 533 g/mol. The Balaban J connectivity index is 0.00000320. The van der Waals surface area contributed by atoms with Gasteiger partial charge in [-0.1, -0.05) is 26.8 Å². The summed E-state index contributed by atoms with van der Waals surface area (Å²) in [6, 6.07) is 6.28. The fraction of sp³-hybridized carbons (Fsp3) is 0.682. The standard InChI is InChI=1S/C22H35N3O4.HI/c1-21(2,3)19(26-5)13-24-20(23-4)25-14-22(8-10-27-11-9-22)16-6-7-17-18(12-16)29-15-28-17;/h6-7,12,19H,8-11,13-15H2,1-5H3,(H2,23,24,25);1H. The third-order valence-corrected chi connectivity index (χ3v) is 5.96. The minimum absolute atomic E-state index is 0. The van der Waals surface area contributed by atoms with E-state index in [0.717, 1.165) is 50.1 Å². The molecule has 2 heterocycles. The lowest BCUT2D eigenvalue weighted by molar-refractivity contribution is 0.0204. The number of benzene rings is 1. The van der Waals surface area contributed by atoms with Crippen molar-refractivity contribution >= 4 is 29.9 Å². The van der Waals surface area contributed by atoms with Gasteiger partial charge in [0.25, 0.3) is 0 Å². The Morgan fingerprint density at radius 1 is 1.17 bits per heavy atom. The molecule has 8 heteroatoms. The largest absolute Gasteiger partial charge is 0.454 e. The minimum atomic E-state index is -0.0401. The number of hydrogen-bond donors (Lipinski definition) is 2. The number of nitrogens with one attached hydrogen (secondary N) is 2. The van der Waals surface area contributed by atoms with Gasteiger partial charge in [0.1, 0.15) is 0 Å². The molecule has 1 fully saturated rings. The van der Waals surface area contributed by atoms with Gasteiger partial charge in [0.15, 0.2) is 17.5 Å². The Kier molecular flexibility index (Phi) is 9.05. The van der Waals surface area contributed by atoms with Crippen molar-refractivity contribution in [3.8, 4) is 11.5 Å². The molecule has 0 saturated carbocycles. The van der Waals surface area contributed by atoms with E-state index in [1.165, 1.54) is 5.56 Å². The summed E-state index contributed by atoms with van der Waals surface area (Å²) in [6.45, 7) is 9.78. The van der Waals surface area contributed by atoms with Crippen molar-refractivity contribution in [1.29, 1.82) is 0 Å². The van der Waals surface area contributed by atoms with Gasteiger partial charge in [0.05, 0.1) is 6.10 Å². The number of hydrogen-bond acceptors (Lipinski definition) is 5. The molecule has 170 valence electrons. The van der Waals surface area contributed by atoms with E-state index in [0.29, 0.717) is 6.54 Å². The number of aliphatic imine (C=N–C) groups is 1. The molecule has 2 N–H and O–H groups in total. The molecule has 0 radical (unpaired) electrons. The summed E-state index contributed by atoms with van der Waals surface area (Å²) in [5, 5.41) is 6.95. The first kappa shape index (κ1) is 25.0. The molecule has 2 aliphatic heterocycles. The SMILES string of the molecule is CN=C(NCC(OC)C(C)(C)C)NCC1(c2ccc3c(c2)OCO3)CCOCC1.I. The van der Waals surface area contributed by atoms with Gasteiger partial charge in [-0.05, 0) is 36.0 Å². The maximum absolute atomic E-state index is 5.66. The molecule has 0 bridgehead atoms. The second-order valence-corrected chi connectivity index (χ2v) is 8.86. The van der Waals surface area contributed by atoms with Crippen LogP contribution in [0, 0.1) is 5.41 Å². The van der Waals surface area contributed by atoms with Crippen LogP contribution < -0.4 is 20.1 Å². The molecule has 1 aromatic rings. The zero-order valence-electron chi connectivity index (χ0n) is 18.7. The number of halogens is 1. The summed E-state index contributed by atoms with van der Waals surface area (Å²) in [5.74, 6) is 2.42. The molecule has 1 aromatic carbocycles. The third-order valence-electron chi connectivity index (χ3n) is 5.96. The molecule has 1 unspecified atom stereocenters. The minimum Gasteiger partial charge on any atom is -0.454 e. The molecule has 1 atom stereocenters. The van der Waals surface area contributed by atoms with Gasteiger partial charge in [0, 0.05) is 45.9 Å². The van der Waals surface area contributed by atoms with Gasteiger partial charge in [-0.15, -0.1) is 24.0 Å². The van der Waals surface area contributed by atoms with Crippen LogP contribution in [0.25, 0.3) is 0 Å². The normalized spacial score (nSPS) is 19.0. The summed E-state index contributed by atoms with van der Waals surface area (Å²) in [4.78, 5) is 4.41. The average molecular weight is 533 g/mol. The second-order valence-electron chi connectivity index (χ2n) is 8.86. The summed E-state index contributed by atoms with van der Waals surface area (Å²) >= 11 is 0. The number of ether oxygens (including phenoxy) is 4. The molecule has 0 amide bonds. The highest BCUT2D eigenvalue weighted by molar-refractivity contribution is 14.0. The predicted molar refractivity (Wildman–Crippen MR) is 129 cm³/mol. The highest BCUT2D eigenvalue weighted by Crippen LogP contribution is 2.40. The number of nitrogens with zero attached hydrogens (tertiary/aromatic N) is 1. The zero-order valence-corrected chi connectivity index (χ0v) is 21.1. The molecular formula is C22H36IN3O4. The van der Waals surface area contributed by atoms with Crippen molar-refractivity contribution in [2.75, 3.05) is 47.3 Å². The molecule has 30 heavy (non-hydrogen) atoms. The molecule has 1 saturated heterocycles. The van der Waals surface area contributed by atoms with Crippen LogP contribution in [0.3, 0.4) is 0 Å². The quantitative estimate of drug-likeness (QED) is 0.332. The zero-order chi connectivity index (χ0) is 20.9. The highest BCUT2D eigenvalue weighted by atomic mass is 127. The van der Waals surface area contributed by atoms with Crippen molar-refractivity contribution in [1.82, 2.24) is 10.6 Å². The summed E-state index contributed by atoms with van der Waals surface area (Å²) in [5.41, 5.74) is 1.26. The van der Waals surface area contributed by atoms with E-state index < -0.39 is 0 Å². The van der Waals surface area contributed by atoms with E-state index >= 15 is 0 Å². The first-order valence-corrected chi connectivity index (χ1v) is 10.3. The molecule has 3 rings (SSSR count). The van der Waals surface area contributed by atoms with Crippen molar-refractivity contribution in [3.05, 3.63) is 23.8 Å². The second kappa shape index (κ2) is 10.9. The van der Waals surface area contributed by atoms with Crippen molar-refractivity contribution < 1.29 is 18.9 Å². The Morgan fingerprint density at radius 3 is 2.50 bits per heavy atom. The maximum Gasteiger partial charge on any atom is 0.231 e. The lowest BCUT2D eigenvalue weighted by Gasteiger charge is -2.38. The number of fused-ring (bicyclic) bond motifs is 1. The molecule has 0 aliphatic carbocycles. The van der Waals surface area contributed by atoms with E-state index in [9.17, 15) is 0 Å². The van der Waals surface area contributed by atoms with Gasteiger partial charge < -0.3 is 29.6 Å². The van der Waals surface area contributed by atoms with E-state index in [2.05, 4.69) is 48.5 Å². The lowest BCUT2D eigenvalue weighted by Crippen LogP contribution is -2.50. The van der Waals surface area contributed by atoms with Crippen LogP contribution in [-0.4, -0.2) is 59.3 Å². The van der Waals surface area contributed by atoms with E-state index in [-0.39, 0.29) is 47.7 Å². The fourth-order valence-electron chi connectivity index (χ4n) is 3.96. The topological polar surface area (TPSA) is 73.3 Å². The van der Waals surface area contributed by atoms with E-state index in [4.69, 9.17) is 18.9 Å². The van der Waals surface area contributed by atoms with Crippen LogP contribution in [-0.2, 0) is 14.9 Å². The van der Waals surface area contributed by atoms with Gasteiger partial charge >= 0.3 is 0 Å². The lowest BCUT2D eigenvalue weighted by atomic mass is 9.74. The summed E-state index contributed by atoms with van der Waals surface area (Å²) in [7, 11) is 3.55. The molecule has 2 aliphatic rings. The van der Waals surface area contributed by atoms with Crippen LogP contribution in [0.5, 0.6) is 11.5 Å². The van der Waals surface area contributed by atoms with Gasteiger partial charge in [0.2, 0.25) is 6.79 Å². The Bertz CT molecular complexity index is 715. The first-order chi connectivity index (χ1) is 13.9. The fourth-order valence-corrected chi connectivity index (χ4v) is 3.96. The van der Waals surface area contributed by atoms with Crippen LogP contribution >= 0.6 is 24.0 Å².